The van der Waals surface area contributed by atoms with Crippen molar-refractivity contribution in [1.82, 2.24) is 19.6 Å². The van der Waals surface area contributed by atoms with Gasteiger partial charge in [0, 0.05) is 56.6 Å². The van der Waals surface area contributed by atoms with Crippen LogP contribution in [-0.2, 0) is 6.54 Å². The Labute approximate surface area is 167 Å². The number of rotatable bonds is 7. The third kappa shape index (κ3) is 4.24. The van der Waals surface area contributed by atoms with Crippen LogP contribution in [0.1, 0.15) is 37.7 Å². The molecule has 152 valence electrons. The first kappa shape index (κ1) is 19.4. The van der Waals surface area contributed by atoms with Crippen molar-refractivity contribution in [2.75, 3.05) is 33.4 Å². The highest BCUT2D eigenvalue weighted by atomic mass is 16.5. The molecule has 1 aromatic heterocycles. The molecule has 1 N–H and O–H groups in total. The Bertz CT molecular complexity index is 756. The second-order valence-electron chi connectivity index (χ2n) is 8.04. The van der Waals surface area contributed by atoms with E-state index in [-0.39, 0.29) is 6.61 Å². The average molecular weight is 385 g/mol. The summed E-state index contributed by atoms with van der Waals surface area (Å²) in [6.45, 7) is 4.38. The van der Waals surface area contributed by atoms with Crippen molar-refractivity contribution in [2.45, 2.75) is 50.7 Å². The van der Waals surface area contributed by atoms with E-state index in [2.05, 4.69) is 21.1 Å². The van der Waals surface area contributed by atoms with Crippen molar-refractivity contribution in [2.24, 2.45) is 0 Å². The van der Waals surface area contributed by atoms with Gasteiger partial charge in [-0.3, -0.25) is 9.80 Å². The molecular formula is C22H32N4O2. The number of nitrogens with zero attached hydrogens (tertiary/aromatic N) is 4. The van der Waals surface area contributed by atoms with E-state index in [1.54, 1.807) is 7.11 Å². The molecule has 4 rings (SSSR count). The summed E-state index contributed by atoms with van der Waals surface area (Å²) in [5.74, 6) is 0.824. The van der Waals surface area contributed by atoms with Gasteiger partial charge in [-0.25, -0.2) is 4.68 Å². The number of aliphatic hydroxyl groups excluding tert-OH is 1. The molecule has 6 nitrogen and oxygen atoms in total. The van der Waals surface area contributed by atoms with Crippen LogP contribution in [0.25, 0.3) is 5.69 Å². The summed E-state index contributed by atoms with van der Waals surface area (Å²) in [7, 11) is 1.69. The van der Waals surface area contributed by atoms with Gasteiger partial charge in [0.25, 0.3) is 0 Å². The first-order valence-corrected chi connectivity index (χ1v) is 10.5. The van der Waals surface area contributed by atoms with Gasteiger partial charge in [0.2, 0.25) is 0 Å². The molecule has 1 aliphatic heterocycles. The second-order valence-corrected chi connectivity index (χ2v) is 8.04. The molecule has 28 heavy (non-hydrogen) atoms. The number of methoxy groups -OCH3 is 1. The van der Waals surface area contributed by atoms with Crippen LogP contribution in [0.3, 0.4) is 0 Å². The van der Waals surface area contributed by atoms with Crippen molar-refractivity contribution >= 4 is 0 Å². The van der Waals surface area contributed by atoms with Crippen LogP contribution in [0.2, 0.25) is 0 Å². The number of aliphatic hydroxyl groups is 1. The van der Waals surface area contributed by atoms with E-state index in [4.69, 9.17) is 4.74 Å². The summed E-state index contributed by atoms with van der Waals surface area (Å²) in [6.07, 6.45) is 10.3. The van der Waals surface area contributed by atoms with Crippen LogP contribution in [-0.4, -0.2) is 70.1 Å². The smallest absolute Gasteiger partial charge is 0.144 e. The van der Waals surface area contributed by atoms with Crippen molar-refractivity contribution in [1.29, 1.82) is 0 Å². The molecule has 2 aliphatic rings. The van der Waals surface area contributed by atoms with Crippen LogP contribution >= 0.6 is 0 Å². The minimum atomic E-state index is 0.271. The van der Waals surface area contributed by atoms with E-state index >= 15 is 0 Å². The highest BCUT2D eigenvalue weighted by Gasteiger charge is 2.33. The van der Waals surface area contributed by atoms with Crippen molar-refractivity contribution in [3.8, 4) is 11.4 Å². The number of benzene rings is 1. The maximum Gasteiger partial charge on any atom is 0.144 e. The minimum absolute atomic E-state index is 0.271. The number of hydrogen-bond donors (Lipinski definition) is 1. The molecule has 2 heterocycles. The summed E-state index contributed by atoms with van der Waals surface area (Å²) in [4.78, 5) is 5.19. The van der Waals surface area contributed by atoms with Gasteiger partial charge in [0.15, 0.2) is 0 Å². The van der Waals surface area contributed by atoms with Gasteiger partial charge in [-0.15, -0.1) is 0 Å². The minimum Gasteiger partial charge on any atom is -0.494 e. The Balaban J connectivity index is 1.41. The fourth-order valence-corrected chi connectivity index (χ4v) is 4.85. The van der Waals surface area contributed by atoms with E-state index in [9.17, 15) is 5.11 Å². The van der Waals surface area contributed by atoms with Crippen LogP contribution < -0.4 is 4.74 Å². The first-order valence-electron chi connectivity index (χ1n) is 10.5. The van der Waals surface area contributed by atoms with E-state index in [0.717, 1.165) is 50.1 Å². The lowest BCUT2D eigenvalue weighted by molar-refractivity contribution is 0.0267. The zero-order valence-electron chi connectivity index (χ0n) is 16.8. The predicted octanol–water partition coefficient (Wildman–Crippen LogP) is 2.69. The summed E-state index contributed by atoms with van der Waals surface area (Å²) < 4.78 is 7.36. The zero-order chi connectivity index (χ0) is 19.3. The second kappa shape index (κ2) is 9.07. The molecule has 1 aliphatic carbocycles. The molecule has 0 bridgehead atoms. The quantitative estimate of drug-likeness (QED) is 0.795. The van der Waals surface area contributed by atoms with E-state index < -0.39 is 0 Å². The molecule has 2 fully saturated rings. The molecule has 0 amide bonds. The Hall–Kier alpha value is -1.89. The number of hydrogen-bond acceptors (Lipinski definition) is 5. The Morgan fingerprint density at radius 2 is 2.00 bits per heavy atom. The summed E-state index contributed by atoms with van der Waals surface area (Å²) in [5.41, 5.74) is 2.17. The SMILES string of the molecule is COc1ccccc1-n1cc(CN2CCN(C3CCCC3)[C@@H](CCO)C2)cn1. The Kier molecular flexibility index (Phi) is 6.29. The molecular weight excluding hydrogens is 352 g/mol. The van der Waals surface area contributed by atoms with Crippen molar-refractivity contribution < 1.29 is 9.84 Å². The van der Waals surface area contributed by atoms with Crippen LogP contribution in [0, 0.1) is 0 Å². The van der Waals surface area contributed by atoms with E-state index in [1.165, 1.54) is 31.2 Å². The standard InChI is InChI=1S/C22H32N4O2/c1-28-22-9-5-4-8-21(22)26-16-18(14-23-26)15-24-11-12-25(19-6-2-3-7-19)20(17-24)10-13-27/h4-5,8-9,14,16,19-20,27H,2-3,6-7,10-13,15,17H2,1H3/t20-/m0/s1. The monoisotopic (exact) mass is 384 g/mol. The van der Waals surface area contributed by atoms with Crippen LogP contribution in [0.15, 0.2) is 36.7 Å². The topological polar surface area (TPSA) is 53.8 Å². The molecule has 0 radical (unpaired) electrons. The Morgan fingerprint density at radius 3 is 2.79 bits per heavy atom. The van der Waals surface area contributed by atoms with Crippen LogP contribution in [0.5, 0.6) is 5.75 Å². The lowest BCUT2D eigenvalue weighted by atomic mass is 10.0. The first-order chi connectivity index (χ1) is 13.8. The van der Waals surface area contributed by atoms with Crippen molar-refractivity contribution in [3.05, 3.63) is 42.2 Å². The summed E-state index contributed by atoms with van der Waals surface area (Å²) >= 11 is 0. The highest BCUT2D eigenvalue weighted by molar-refractivity contribution is 5.46. The number of piperazine rings is 1. The summed E-state index contributed by atoms with van der Waals surface area (Å²) in [6, 6.07) is 9.14. The molecule has 6 heteroatoms. The lowest BCUT2D eigenvalue weighted by Gasteiger charge is -2.44. The third-order valence-corrected chi connectivity index (χ3v) is 6.24. The molecule has 1 aromatic carbocycles. The van der Waals surface area contributed by atoms with Gasteiger partial charge in [-0.2, -0.15) is 5.10 Å². The molecule has 0 spiro atoms. The van der Waals surface area contributed by atoms with Crippen LogP contribution in [0.4, 0.5) is 0 Å². The lowest BCUT2D eigenvalue weighted by Crippen LogP contribution is -2.55. The van der Waals surface area contributed by atoms with Gasteiger partial charge in [0.1, 0.15) is 11.4 Å². The molecule has 1 atom stereocenters. The third-order valence-electron chi connectivity index (χ3n) is 6.24. The van der Waals surface area contributed by atoms with Gasteiger partial charge in [-0.1, -0.05) is 25.0 Å². The van der Waals surface area contributed by atoms with E-state index in [1.807, 2.05) is 35.1 Å². The maximum atomic E-state index is 9.56. The largest absolute Gasteiger partial charge is 0.494 e. The predicted molar refractivity (Wildman–Crippen MR) is 110 cm³/mol. The van der Waals surface area contributed by atoms with Gasteiger partial charge in [-0.05, 0) is 31.4 Å². The van der Waals surface area contributed by atoms with Gasteiger partial charge in [0.05, 0.1) is 13.3 Å². The van der Waals surface area contributed by atoms with Gasteiger partial charge < -0.3 is 9.84 Å². The fourth-order valence-electron chi connectivity index (χ4n) is 4.85. The molecule has 0 unspecified atom stereocenters. The van der Waals surface area contributed by atoms with Gasteiger partial charge >= 0.3 is 0 Å². The van der Waals surface area contributed by atoms with Crippen molar-refractivity contribution in [3.63, 3.8) is 0 Å². The summed E-state index contributed by atoms with van der Waals surface area (Å²) in [5, 5.41) is 14.1. The molecule has 1 saturated heterocycles. The molecule has 1 saturated carbocycles. The highest BCUT2D eigenvalue weighted by Crippen LogP contribution is 2.28. The maximum absolute atomic E-state index is 9.56. The van der Waals surface area contributed by atoms with E-state index in [0.29, 0.717) is 6.04 Å². The normalized spacial score (nSPS) is 22.0. The Morgan fingerprint density at radius 1 is 1.18 bits per heavy atom. The average Bonchev–Trinajstić information content (AvgIpc) is 3.41. The molecule has 2 aromatic rings. The zero-order valence-corrected chi connectivity index (χ0v) is 16.8. The fraction of sp³-hybridized carbons (Fsp3) is 0.591. The number of para-hydroxylation sites is 2. The number of ether oxygens (including phenoxy) is 1. The number of aromatic nitrogens is 2.